The number of fused-ring (bicyclic) bond motifs is 5. The van der Waals surface area contributed by atoms with E-state index in [0.717, 1.165) is 61.4 Å². The van der Waals surface area contributed by atoms with Gasteiger partial charge in [-0.05, 0) is 112 Å². The minimum atomic E-state index is -0.857. The van der Waals surface area contributed by atoms with Gasteiger partial charge < -0.3 is 14.7 Å². The third-order valence-electron chi connectivity index (χ3n) is 11.5. The molecule has 0 aromatic heterocycles. The molecular weight excluding hydrogens is 444 g/mol. The highest BCUT2D eigenvalue weighted by atomic mass is 16.6. The third-order valence-corrected chi connectivity index (χ3v) is 11.5. The lowest BCUT2D eigenvalue weighted by molar-refractivity contribution is -0.165. The first kappa shape index (κ1) is 28.6. The molecule has 0 radical (unpaired) electrons. The van der Waals surface area contributed by atoms with Crippen molar-refractivity contribution in [2.75, 3.05) is 27.2 Å². The molecule has 0 heterocycles. The van der Waals surface area contributed by atoms with Gasteiger partial charge in [-0.2, -0.15) is 0 Å². The zero-order valence-electron chi connectivity index (χ0n) is 24.7. The van der Waals surface area contributed by atoms with Crippen LogP contribution < -0.4 is 5.32 Å². The van der Waals surface area contributed by atoms with Crippen molar-refractivity contribution in [1.29, 1.82) is 0 Å². The summed E-state index contributed by atoms with van der Waals surface area (Å²) >= 11 is 0. The second-order valence-electron chi connectivity index (χ2n) is 14.4. The number of nitrogens with one attached hydrogen (secondary N) is 1. The molecule has 0 aromatic carbocycles. The summed E-state index contributed by atoms with van der Waals surface area (Å²) in [6.45, 7) is 14.2. The fourth-order valence-corrected chi connectivity index (χ4v) is 9.41. The first-order chi connectivity index (χ1) is 17.0. The van der Waals surface area contributed by atoms with Gasteiger partial charge in [-0.3, -0.25) is 5.32 Å². The van der Waals surface area contributed by atoms with Gasteiger partial charge in [-0.15, -0.1) is 0 Å². The highest BCUT2D eigenvalue weighted by Gasteiger charge is 2.59. The molecule has 0 spiro atoms. The molecule has 4 rings (SSSR count). The molecule has 4 aliphatic rings. The maximum atomic E-state index is 10.4. The molecule has 36 heavy (non-hydrogen) atoms. The average molecular weight is 503 g/mol. The zero-order chi connectivity index (χ0) is 26.1. The molecule has 208 valence electrons. The lowest BCUT2D eigenvalue weighted by atomic mass is 9.47. The van der Waals surface area contributed by atoms with Gasteiger partial charge in [0.15, 0.2) is 0 Å². The predicted octanol–water partition coefficient (Wildman–Crippen LogP) is 6.84. The Labute approximate surface area is 223 Å². The fourth-order valence-electron chi connectivity index (χ4n) is 9.41. The summed E-state index contributed by atoms with van der Waals surface area (Å²) in [5, 5.41) is 13.5. The molecule has 0 saturated heterocycles. The van der Waals surface area contributed by atoms with Crippen molar-refractivity contribution in [3.8, 4) is 0 Å². The highest BCUT2D eigenvalue weighted by Crippen LogP contribution is 2.67. The summed E-state index contributed by atoms with van der Waals surface area (Å²) in [5.41, 5.74) is 2.54. The Bertz CT molecular complexity index is 750. The number of aliphatic hydroxyl groups excluding tert-OH is 1. The van der Waals surface area contributed by atoms with Gasteiger partial charge in [-0.1, -0.05) is 65.5 Å². The smallest absolute Gasteiger partial charge is 0.213 e. The molecule has 0 aliphatic heterocycles. The van der Waals surface area contributed by atoms with Crippen LogP contribution in [0.15, 0.2) is 11.6 Å². The van der Waals surface area contributed by atoms with E-state index in [0.29, 0.717) is 10.8 Å². The summed E-state index contributed by atoms with van der Waals surface area (Å²) < 4.78 is 6.06. The number of ether oxygens (including phenoxy) is 1. The highest BCUT2D eigenvalue weighted by molar-refractivity contribution is 5.25. The molecule has 0 bridgehead atoms. The van der Waals surface area contributed by atoms with Crippen molar-refractivity contribution in [1.82, 2.24) is 10.2 Å². The fraction of sp³-hybridized carbons (Fsp3) is 0.938. The minimum Gasteiger partial charge on any atom is -0.356 e. The number of aliphatic hydroxyl groups is 1. The van der Waals surface area contributed by atoms with Gasteiger partial charge in [0, 0.05) is 13.1 Å². The second-order valence-corrected chi connectivity index (χ2v) is 14.4. The summed E-state index contributed by atoms with van der Waals surface area (Å²) in [4.78, 5) is 2.12. The van der Waals surface area contributed by atoms with Crippen LogP contribution in [0.25, 0.3) is 0 Å². The van der Waals surface area contributed by atoms with E-state index in [4.69, 9.17) is 4.74 Å². The van der Waals surface area contributed by atoms with Crippen LogP contribution in [-0.4, -0.2) is 49.7 Å². The molecule has 4 nitrogen and oxygen atoms in total. The van der Waals surface area contributed by atoms with Crippen molar-refractivity contribution in [3.05, 3.63) is 11.6 Å². The third kappa shape index (κ3) is 5.92. The molecule has 2 N–H and O–H groups in total. The van der Waals surface area contributed by atoms with E-state index in [1.807, 2.05) is 14.1 Å². The van der Waals surface area contributed by atoms with Crippen molar-refractivity contribution < 1.29 is 9.84 Å². The first-order valence-electron chi connectivity index (χ1n) is 15.5. The quantitative estimate of drug-likeness (QED) is 0.240. The van der Waals surface area contributed by atoms with Gasteiger partial charge in [0.2, 0.25) is 6.41 Å². The molecule has 3 saturated carbocycles. The van der Waals surface area contributed by atoms with Crippen LogP contribution in [0, 0.1) is 46.3 Å². The van der Waals surface area contributed by atoms with Crippen LogP contribution >= 0.6 is 0 Å². The summed E-state index contributed by atoms with van der Waals surface area (Å²) in [6, 6.07) is 0. The number of allylic oxidation sites excluding steroid dienone is 1. The SMILES string of the molecule is CC(C)CCCC(C)C1CCC2C3CC=C4CC(OC(O)NCCN(C)C)CCC4(C)C3CCC12C. The van der Waals surface area contributed by atoms with E-state index in [2.05, 4.69) is 50.9 Å². The Balaban J connectivity index is 1.37. The standard InChI is InChI=1S/C32H58N2O2/c1-22(2)9-8-10-23(3)27-13-14-28-26-12-11-24-21-25(36-30(35)33-19-20-34(6)7)15-17-31(24,4)29(26)16-18-32(27,28)5/h11,22-23,25-30,33,35H,8-10,12-21H2,1-7H3. The van der Waals surface area contributed by atoms with Crippen molar-refractivity contribution in [2.45, 2.75) is 118 Å². The molecule has 9 unspecified atom stereocenters. The van der Waals surface area contributed by atoms with E-state index < -0.39 is 6.41 Å². The summed E-state index contributed by atoms with van der Waals surface area (Å²) in [7, 11) is 4.10. The van der Waals surface area contributed by atoms with Gasteiger partial charge in [0.05, 0.1) is 6.10 Å². The topological polar surface area (TPSA) is 44.7 Å². The Morgan fingerprint density at radius 1 is 1.06 bits per heavy atom. The van der Waals surface area contributed by atoms with Crippen LogP contribution in [0.4, 0.5) is 0 Å². The van der Waals surface area contributed by atoms with E-state index in [1.54, 1.807) is 5.57 Å². The molecule has 4 heteroatoms. The Morgan fingerprint density at radius 3 is 2.56 bits per heavy atom. The maximum absolute atomic E-state index is 10.4. The van der Waals surface area contributed by atoms with Crippen LogP contribution in [0.3, 0.4) is 0 Å². The molecule has 0 amide bonds. The Morgan fingerprint density at radius 2 is 1.83 bits per heavy atom. The Hall–Kier alpha value is -0.420. The molecule has 4 aliphatic carbocycles. The van der Waals surface area contributed by atoms with Crippen LogP contribution in [0.1, 0.15) is 105 Å². The van der Waals surface area contributed by atoms with Gasteiger partial charge >= 0.3 is 0 Å². The predicted molar refractivity (Wildman–Crippen MR) is 150 cm³/mol. The molecular formula is C32H58N2O2. The second kappa shape index (κ2) is 11.8. The number of rotatable bonds is 11. The van der Waals surface area contributed by atoms with Crippen molar-refractivity contribution >= 4 is 0 Å². The lowest BCUT2D eigenvalue weighted by Crippen LogP contribution is -2.51. The van der Waals surface area contributed by atoms with Gasteiger partial charge in [-0.25, -0.2) is 0 Å². The number of hydrogen-bond donors (Lipinski definition) is 2. The molecule has 3 fully saturated rings. The van der Waals surface area contributed by atoms with Crippen molar-refractivity contribution in [3.63, 3.8) is 0 Å². The molecule has 0 aromatic rings. The summed E-state index contributed by atoms with van der Waals surface area (Å²) in [5.74, 6) is 5.29. The average Bonchev–Trinajstić information content (AvgIpc) is 3.16. The van der Waals surface area contributed by atoms with E-state index in [-0.39, 0.29) is 6.10 Å². The van der Waals surface area contributed by atoms with Gasteiger partial charge in [0.1, 0.15) is 0 Å². The van der Waals surface area contributed by atoms with Gasteiger partial charge in [0.25, 0.3) is 0 Å². The number of hydrogen-bond acceptors (Lipinski definition) is 4. The van der Waals surface area contributed by atoms with Crippen LogP contribution in [0.5, 0.6) is 0 Å². The number of likely N-dealkylation sites (N-methyl/N-ethyl adjacent to an activating group) is 1. The summed E-state index contributed by atoms with van der Waals surface area (Å²) in [6.07, 6.45) is 16.5. The lowest BCUT2D eigenvalue weighted by Gasteiger charge is -2.58. The largest absolute Gasteiger partial charge is 0.356 e. The normalized spacial score (nSPS) is 39.9. The number of nitrogens with zero attached hydrogens (tertiary/aromatic N) is 1. The first-order valence-corrected chi connectivity index (χ1v) is 15.5. The van der Waals surface area contributed by atoms with Crippen LogP contribution in [-0.2, 0) is 4.74 Å². The van der Waals surface area contributed by atoms with Crippen molar-refractivity contribution in [2.24, 2.45) is 46.3 Å². The van der Waals surface area contributed by atoms with E-state index in [9.17, 15) is 5.11 Å². The monoisotopic (exact) mass is 502 g/mol. The maximum Gasteiger partial charge on any atom is 0.213 e. The van der Waals surface area contributed by atoms with E-state index in [1.165, 1.54) is 57.8 Å². The van der Waals surface area contributed by atoms with Crippen LogP contribution in [0.2, 0.25) is 0 Å². The van der Waals surface area contributed by atoms with E-state index >= 15 is 0 Å². The minimum absolute atomic E-state index is 0.138. The molecule has 9 atom stereocenters. The Kier molecular flexibility index (Phi) is 9.34. The zero-order valence-corrected chi connectivity index (χ0v) is 24.7.